The number of para-hydroxylation sites is 1. The average molecular weight is 276 g/mol. The van der Waals surface area contributed by atoms with E-state index in [0.29, 0.717) is 0 Å². The number of benzene rings is 1. The maximum Gasteiger partial charge on any atom is 0.119 e. The Morgan fingerprint density at radius 2 is 1.85 bits per heavy atom. The largest absolute Gasteiger partial charge is 0.491 e. The van der Waals surface area contributed by atoms with Gasteiger partial charge in [-0.15, -0.1) is 0 Å². The second-order valence-corrected chi connectivity index (χ2v) is 4.58. The van der Waals surface area contributed by atoms with Crippen molar-refractivity contribution in [1.29, 1.82) is 0 Å². The van der Waals surface area contributed by atoms with Gasteiger partial charge in [0, 0.05) is 6.61 Å². The van der Waals surface area contributed by atoms with E-state index in [0.717, 1.165) is 31.4 Å². The first kappa shape index (κ1) is 16.5. The molecule has 0 aromatic heterocycles. The molecule has 3 nitrogen and oxygen atoms in total. The summed E-state index contributed by atoms with van der Waals surface area (Å²) in [5.74, 6) is 0.763. The Labute approximate surface area is 121 Å². The predicted octanol–water partition coefficient (Wildman–Crippen LogP) is 3.09. The van der Waals surface area contributed by atoms with Gasteiger partial charge in [0.1, 0.15) is 18.5 Å². The lowest BCUT2D eigenvalue weighted by atomic mass is 10.2. The van der Waals surface area contributed by atoms with Crippen LogP contribution in [0.4, 0.5) is 0 Å². The highest BCUT2D eigenvalue weighted by molar-refractivity contribution is 5.21. The van der Waals surface area contributed by atoms with E-state index in [1.165, 1.54) is 0 Å². The molecule has 0 saturated carbocycles. The summed E-state index contributed by atoms with van der Waals surface area (Å²) in [6.07, 6.45) is 11.0. The van der Waals surface area contributed by atoms with Gasteiger partial charge < -0.3 is 14.9 Å². The summed E-state index contributed by atoms with van der Waals surface area (Å²) < 4.78 is 5.44. The van der Waals surface area contributed by atoms with Crippen molar-refractivity contribution in [3.63, 3.8) is 0 Å². The average Bonchev–Trinajstić information content (AvgIpc) is 2.49. The third-order valence-corrected chi connectivity index (χ3v) is 2.77. The molecule has 1 atom stereocenters. The van der Waals surface area contributed by atoms with Crippen molar-refractivity contribution in [3.8, 4) is 5.75 Å². The van der Waals surface area contributed by atoms with E-state index >= 15 is 0 Å². The van der Waals surface area contributed by atoms with E-state index < -0.39 is 6.10 Å². The van der Waals surface area contributed by atoms with Crippen molar-refractivity contribution >= 4 is 0 Å². The standard InChI is InChI=1S/C17H24O3/c18-14-10-5-3-1-2-4-7-11-16(19)15-20-17-12-8-6-9-13-17/h2,4,6-9,11-13,16,18-19H,1,3,5,10,14-15H2/b4-2+,11-7+. The van der Waals surface area contributed by atoms with E-state index in [1.807, 2.05) is 42.5 Å². The summed E-state index contributed by atoms with van der Waals surface area (Å²) in [7, 11) is 0. The van der Waals surface area contributed by atoms with Crippen LogP contribution in [0.15, 0.2) is 54.6 Å². The fourth-order valence-corrected chi connectivity index (χ4v) is 1.67. The number of aliphatic hydroxyl groups excluding tert-OH is 2. The van der Waals surface area contributed by atoms with Gasteiger partial charge in [0.2, 0.25) is 0 Å². The number of rotatable bonds is 10. The van der Waals surface area contributed by atoms with Crippen molar-refractivity contribution in [2.45, 2.75) is 31.8 Å². The van der Waals surface area contributed by atoms with Crippen molar-refractivity contribution in [1.82, 2.24) is 0 Å². The molecule has 0 saturated heterocycles. The van der Waals surface area contributed by atoms with Gasteiger partial charge in [-0.1, -0.05) is 48.9 Å². The minimum absolute atomic E-state index is 0.255. The molecule has 0 radical (unpaired) electrons. The number of unbranched alkanes of at least 4 members (excludes halogenated alkanes) is 3. The fourth-order valence-electron chi connectivity index (χ4n) is 1.67. The first-order chi connectivity index (χ1) is 9.83. The molecule has 0 aliphatic rings. The second kappa shape index (κ2) is 11.3. The molecule has 110 valence electrons. The van der Waals surface area contributed by atoms with Gasteiger partial charge >= 0.3 is 0 Å². The van der Waals surface area contributed by atoms with Crippen molar-refractivity contribution in [3.05, 3.63) is 54.6 Å². The van der Waals surface area contributed by atoms with Gasteiger partial charge in [0.15, 0.2) is 0 Å². The quantitative estimate of drug-likeness (QED) is 0.510. The zero-order valence-corrected chi connectivity index (χ0v) is 11.8. The van der Waals surface area contributed by atoms with Crippen LogP contribution in [0.5, 0.6) is 5.75 Å². The van der Waals surface area contributed by atoms with Crippen LogP contribution in [0, 0.1) is 0 Å². The molecule has 0 heterocycles. The normalized spacial score (nSPS) is 13.1. The molecule has 0 fully saturated rings. The third-order valence-electron chi connectivity index (χ3n) is 2.77. The van der Waals surface area contributed by atoms with E-state index in [-0.39, 0.29) is 13.2 Å². The minimum atomic E-state index is -0.603. The van der Waals surface area contributed by atoms with Crippen LogP contribution in [0.3, 0.4) is 0 Å². The Kier molecular flexibility index (Phi) is 9.28. The molecule has 20 heavy (non-hydrogen) atoms. The Morgan fingerprint density at radius 3 is 2.60 bits per heavy atom. The molecule has 0 aliphatic carbocycles. The maximum absolute atomic E-state index is 9.71. The maximum atomic E-state index is 9.71. The van der Waals surface area contributed by atoms with Crippen LogP contribution in [0.1, 0.15) is 25.7 Å². The Hall–Kier alpha value is -1.58. The monoisotopic (exact) mass is 276 g/mol. The summed E-state index contributed by atoms with van der Waals surface area (Å²) in [5.41, 5.74) is 0. The summed E-state index contributed by atoms with van der Waals surface area (Å²) in [4.78, 5) is 0. The van der Waals surface area contributed by atoms with Crippen LogP contribution >= 0.6 is 0 Å². The molecule has 0 amide bonds. The molecule has 0 bridgehead atoms. The van der Waals surface area contributed by atoms with Gasteiger partial charge in [-0.05, 0) is 31.4 Å². The molecule has 1 aromatic rings. The highest BCUT2D eigenvalue weighted by Gasteiger charge is 1.99. The summed E-state index contributed by atoms with van der Waals surface area (Å²) in [5, 5.41) is 18.3. The van der Waals surface area contributed by atoms with Crippen LogP contribution in [-0.2, 0) is 0 Å². The number of hydrogen-bond acceptors (Lipinski definition) is 3. The van der Waals surface area contributed by atoms with Gasteiger partial charge in [-0.3, -0.25) is 0 Å². The highest BCUT2D eigenvalue weighted by atomic mass is 16.5. The molecule has 1 rings (SSSR count). The van der Waals surface area contributed by atoms with E-state index in [9.17, 15) is 5.11 Å². The first-order valence-corrected chi connectivity index (χ1v) is 7.13. The van der Waals surface area contributed by atoms with E-state index in [4.69, 9.17) is 9.84 Å². The van der Waals surface area contributed by atoms with Gasteiger partial charge in [0.25, 0.3) is 0 Å². The first-order valence-electron chi connectivity index (χ1n) is 7.13. The zero-order chi connectivity index (χ0) is 14.5. The minimum Gasteiger partial charge on any atom is -0.491 e. The van der Waals surface area contributed by atoms with Crippen molar-refractivity contribution < 1.29 is 14.9 Å². The Balaban J connectivity index is 2.10. The lowest BCUT2D eigenvalue weighted by Gasteiger charge is -2.08. The van der Waals surface area contributed by atoms with Gasteiger partial charge in [-0.25, -0.2) is 0 Å². The van der Waals surface area contributed by atoms with Gasteiger partial charge in [0.05, 0.1) is 0 Å². The number of aliphatic hydroxyl groups is 2. The fraction of sp³-hybridized carbons (Fsp3) is 0.412. The highest BCUT2D eigenvalue weighted by Crippen LogP contribution is 2.08. The second-order valence-electron chi connectivity index (χ2n) is 4.58. The molecule has 3 heteroatoms. The third kappa shape index (κ3) is 8.51. The topological polar surface area (TPSA) is 49.7 Å². The molecular formula is C17H24O3. The van der Waals surface area contributed by atoms with Gasteiger partial charge in [-0.2, -0.15) is 0 Å². The smallest absolute Gasteiger partial charge is 0.119 e. The number of hydrogen-bond donors (Lipinski definition) is 2. The molecule has 2 N–H and O–H groups in total. The van der Waals surface area contributed by atoms with Crippen molar-refractivity contribution in [2.24, 2.45) is 0 Å². The van der Waals surface area contributed by atoms with E-state index in [1.54, 1.807) is 6.08 Å². The Morgan fingerprint density at radius 1 is 1.05 bits per heavy atom. The zero-order valence-electron chi connectivity index (χ0n) is 11.8. The predicted molar refractivity (Wildman–Crippen MR) is 81.8 cm³/mol. The molecule has 1 aromatic carbocycles. The van der Waals surface area contributed by atoms with Crippen LogP contribution in [0.2, 0.25) is 0 Å². The summed E-state index contributed by atoms with van der Waals surface area (Å²) in [6.45, 7) is 0.530. The number of allylic oxidation sites excluding steroid dienone is 3. The lowest BCUT2D eigenvalue weighted by Crippen LogP contribution is -2.14. The summed E-state index contributed by atoms with van der Waals surface area (Å²) >= 11 is 0. The molecular weight excluding hydrogens is 252 g/mol. The van der Waals surface area contributed by atoms with Crippen LogP contribution in [-0.4, -0.2) is 29.5 Å². The van der Waals surface area contributed by atoms with Crippen molar-refractivity contribution in [2.75, 3.05) is 13.2 Å². The Bertz CT molecular complexity index is 384. The van der Waals surface area contributed by atoms with Crippen LogP contribution in [0.25, 0.3) is 0 Å². The van der Waals surface area contributed by atoms with E-state index in [2.05, 4.69) is 6.08 Å². The number of ether oxygens (including phenoxy) is 1. The SMILES string of the molecule is OCCCCC/C=C/C=C/C(O)COc1ccccc1. The summed E-state index contributed by atoms with van der Waals surface area (Å²) in [6, 6.07) is 9.45. The lowest BCUT2D eigenvalue weighted by molar-refractivity contribution is 0.144. The van der Waals surface area contributed by atoms with Crippen LogP contribution < -0.4 is 4.74 Å². The molecule has 1 unspecified atom stereocenters. The molecule has 0 spiro atoms. The molecule has 0 aliphatic heterocycles.